The second-order valence-electron chi connectivity index (χ2n) is 5.37. The average molecular weight is 289 g/mol. The summed E-state index contributed by atoms with van der Waals surface area (Å²) in [6, 6.07) is 7.53. The Bertz CT molecular complexity index is 516. The van der Waals surface area contributed by atoms with Crippen LogP contribution in [0.4, 0.5) is 0 Å². The van der Waals surface area contributed by atoms with Gasteiger partial charge in [-0.1, -0.05) is 29.8 Å². The van der Waals surface area contributed by atoms with Gasteiger partial charge in [0.2, 0.25) is 11.8 Å². The van der Waals surface area contributed by atoms with Crippen LogP contribution in [-0.2, 0) is 16.0 Å². The Hall–Kier alpha value is -1.88. The third kappa shape index (κ3) is 4.04. The lowest BCUT2D eigenvalue weighted by Crippen LogP contribution is -2.59. The zero-order valence-corrected chi connectivity index (χ0v) is 12.7. The number of likely N-dealkylation sites (N-methyl/N-ethyl adjacent to an activating group) is 1. The van der Waals surface area contributed by atoms with E-state index in [-0.39, 0.29) is 11.8 Å². The molecule has 0 aromatic heterocycles. The monoisotopic (exact) mass is 289 g/mol. The van der Waals surface area contributed by atoms with Crippen LogP contribution in [0.25, 0.3) is 0 Å². The molecule has 5 nitrogen and oxygen atoms in total. The van der Waals surface area contributed by atoms with Crippen molar-refractivity contribution in [3.8, 4) is 0 Å². The lowest BCUT2D eigenvalue weighted by atomic mass is 10.1. The third-order valence-corrected chi connectivity index (χ3v) is 3.66. The van der Waals surface area contributed by atoms with E-state index >= 15 is 0 Å². The van der Waals surface area contributed by atoms with Crippen molar-refractivity contribution in [2.24, 2.45) is 0 Å². The van der Waals surface area contributed by atoms with Crippen LogP contribution < -0.4 is 10.6 Å². The van der Waals surface area contributed by atoms with Crippen molar-refractivity contribution in [2.45, 2.75) is 26.3 Å². The zero-order chi connectivity index (χ0) is 15.2. The highest BCUT2D eigenvalue weighted by Gasteiger charge is 2.31. The van der Waals surface area contributed by atoms with Crippen molar-refractivity contribution < 1.29 is 9.59 Å². The molecule has 2 amide bonds. The van der Waals surface area contributed by atoms with Gasteiger partial charge in [0.1, 0.15) is 6.04 Å². The van der Waals surface area contributed by atoms with E-state index in [0.717, 1.165) is 17.7 Å². The van der Waals surface area contributed by atoms with Crippen molar-refractivity contribution in [2.75, 3.05) is 26.2 Å². The van der Waals surface area contributed by atoms with E-state index in [4.69, 9.17) is 0 Å². The SMILES string of the molecule is CCNC(=O)C1CNCCN1C(=O)Cc1cccc(C)c1. The Labute approximate surface area is 125 Å². The molecule has 2 N–H and O–H groups in total. The summed E-state index contributed by atoms with van der Waals surface area (Å²) in [4.78, 5) is 26.3. The summed E-state index contributed by atoms with van der Waals surface area (Å²) in [5.41, 5.74) is 2.13. The minimum atomic E-state index is -0.406. The van der Waals surface area contributed by atoms with Gasteiger partial charge < -0.3 is 15.5 Å². The number of rotatable bonds is 4. The van der Waals surface area contributed by atoms with Gasteiger partial charge in [-0.15, -0.1) is 0 Å². The van der Waals surface area contributed by atoms with Gasteiger partial charge in [0.25, 0.3) is 0 Å². The molecule has 0 aliphatic carbocycles. The van der Waals surface area contributed by atoms with E-state index in [0.29, 0.717) is 26.1 Å². The number of nitrogens with zero attached hydrogens (tertiary/aromatic N) is 1. The van der Waals surface area contributed by atoms with Crippen LogP contribution >= 0.6 is 0 Å². The number of carbonyl (C=O) groups excluding carboxylic acids is 2. The van der Waals surface area contributed by atoms with E-state index in [1.165, 1.54) is 0 Å². The number of hydrogen-bond donors (Lipinski definition) is 2. The molecular weight excluding hydrogens is 266 g/mol. The number of hydrogen-bond acceptors (Lipinski definition) is 3. The second-order valence-corrected chi connectivity index (χ2v) is 5.37. The fraction of sp³-hybridized carbons (Fsp3) is 0.500. The van der Waals surface area contributed by atoms with E-state index < -0.39 is 6.04 Å². The number of benzene rings is 1. The van der Waals surface area contributed by atoms with Gasteiger partial charge in [-0.2, -0.15) is 0 Å². The minimum Gasteiger partial charge on any atom is -0.355 e. The summed E-state index contributed by atoms with van der Waals surface area (Å²) < 4.78 is 0. The molecule has 21 heavy (non-hydrogen) atoms. The first-order chi connectivity index (χ1) is 10.1. The Morgan fingerprint density at radius 1 is 1.43 bits per heavy atom. The lowest BCUT2D eigenvalue weighted by molar-refractivity contribution is -0.141. The van der Waals surface area contributed by atoms with Crippen LogP contribution in [0.15, 0.2) is 24.3 Å². The van der Waals surface area contributed by atoms with Gasteiger partial charge >= 0.3 is 0 Å². The summed E-state index contributed by atoms with van der Waals surface area (Å²) in [7, 11) is 0. The Morgan fingerprint density at radius 3 is 2.95 bits per heavy atom. The maximum absolute atomic E-state index is 12.5. The highest BCUT2D eigenvalue weighted by atomic mass is 16.2. The highest BCUT2D eigenvalue weighted by Crippen LogP contribution is 2.10. The maximum atomic E-state index is 12.5. The third-order valence-electron chi connectivity index (χ3n) is 3.66. The molecule has 1 saturated heterocycles. The Kier molecular flexibility index (Phi) is 5.33. The van der Waals surface area contributed by atoms with E-state index in [9.17, 15) is 9.59 Å². The standard InChI is InChI=1S/C16H23N3O2/c1-3-18-16(21)14-11-17-7-8-19(14)15(20)10-13-6-4-5-12(2)9-13/h4-6,9,14,17H,3,7-8,10-11H2,1-2H3,(H,18,21). The van der Waals surface area contributed by atoms with Crippen LogP contribution in [0.2, 0.25) is 0 Å². The minimum absolute atomic E-state index is 0.0124. The van der Waals surface area contributed by atoms with Crippen molar-refractivity contribution in [3.05, 3.63) is 35.4 Å². The van der Waals surface area contributed by atoms with E-state index in [1.54, 1.807) is 4.90 Å². The normalized spacial score (nSPS) is 18.4. The van der Waals surface area contributed by atoms with E-state index in [1.807, 2.05) is 38.1 Å². The van der Waals surface area contributed by atoms with Crippen LogP contribution in [0, 0.1) is 6.92 Å². The number of piperazine rings is 1. The number of carbonyl (C=O) groups is 2. The summed E-state index contributed by atoms with van der Waals surface area (Å²) in [5.74, 6) is -0.0688. The molecule has 1 aromatic rings. The molecule has 2 rings (SSSR count). The van der Waals surface area contributed by atoms with Crippen LogP contribution in [0.1, 0.15) is 18.1 Å². The first-order valence-corrected chi connectivity index (χ1v) is 7.45. The largest absolute Gasteiger partial charge is 0.355 e. The first kappa shape index (κ1) is 15.5. The quantitative estimate of drug-likeness (QED) is 0.847. The molecule has 1 unspecified atom stereocenters. The molecule has 0 saturated carbocycles. The van der Waals surface area contributed by atoms with Crippen LogP contribution in [0.5, 0.6) is 0 Å². The van der Waals surface area contributed by atoms with Gasteiger partial charge in [0, 0.05) is 26.2 Å². The highest BCUT2D eigenvalue weighted by molar-refractivity contribution is 5.88. The number of nitrogens with one attached hydrogen (secondary N) is 2. The first-order valence-electron chi connectivity index (χ1n) is 7.45. The van der Waals surface area contributed by atoms with Crippen LogP contribution in [-0.4, -0.2) is 48.9 Å². The average Bonchev–Trinajstić information content (AvgIpc) is 2.47. The summed E-state index contributed by atoms with van der Waals surface area (Å²) in [6.07, 6.45) is 0.345. The zero-order valence-electron chi connectivity index (χ0n) is 12.7. The topological polar surface area (TPSA) is 61.4 Å². The van der Waals surface area contributed by atoms with Gasteiger partial charge in [-0.05, 0) is 19.4 Å². The molecule has 114 valence electrons. The predicted octanol–water partition coefficient (Wildman–Crippen LogP) is 0.474. The van der Waals surface area contributed by atoms with Gasteiger partial charge in [0.15, 0.2) is 0 Å². The van der Waals surface area contributed by atoms with E-state index in [2.05, 4.69) is 10.6 Å². The summed E-state index contributed by atoms with van der Waals surface area (Å²) >= 11 is 0. The molecule has 5 heteroatoms. The molecule has 1 fully saturated rings. The smallest absolute Gasteiger partial charge is 0.244 e. The molecule has 0 radical (unpaired) electrons. The maximum Gasteiger partial charge on any atom is 0.244 e. The molecule has 1 aliphatic heterocycles. The van der Waals surface area contributed by atoms with Gasteiger partial charge in [0.05, 0.1) is 6.42 Å². The van der Waals surface area contributed by atoms with Crippen molar-refractivity contribution in [1.29, 1.82) is 0 Å². The summed E-state index contributed by atoms with van der Waals surface area (Å²) in [5, 5.41) is 5.98. The molecule has 0 spiro atoms. The predicted molar refractivity (Wildman–Crippen MR) is 81.9 cm³/mol. The molecule has 1 aliphatic rings. The molecular formula is C16H23N3O2. The fourth-order valence-electron chi connectivity index (χ4n) is 2.63. The van der Waals surface area contributed by atoms with Gasteiger partial charge in [-0.25, -0.2) is 0 Å². The molecule has 0 bridgehead atoms. The number of aryl methyl sites for hydroxylation is 1. The molecule has 1 atom stereocenters. The van der Waals surface area contributed by atoms with Crippen molar-refractivity contribution in [3.63, 3.8) is 0 Å². The molecule has 1 aromatic carbocycles. The van der Waals surface area contributed by atoms with Crippen LogP contribution in [0.3, 0.4) is 0 Å². The fourth-order valence-corrected chi connectivity index (χ4v) is 2.63. The lowest BCUT2D eigenvalue weighted by Gasteiger charge is -2.35. The molecule has 1 heterocycles. The Balaban J connectivity index is 2.06. The van der Waals surface area contributed by atoms with Gasteiger partial charge in [-0.3, -0.25) is 9.59 Å². The van der Waals surface area contributed by atoms with Crippen molar-refractivity contribution in [1.82, 2.24) is 15.5 Å². The second kappa shape index (κ2) is 7.22. The summed E-state index contributed by atoms with van der Waals surface area (Å²) in [6.45, 7) is 6.30. The van der Waals surface area contributed by atoms with Crippen molar-refractivity contribution >= 4 is 11.8 Å². The Morgan fingerprint density at radius 2 is 2.24 bits per heavy atom. The number of amides is 2.